The standard InChI is InChI=1S/C21H25ClN2O6S/c1-28-18-10-9-15(12-17(18)22)24(31(2,26)27)11-5-8-21(25)23-13-16-14-29-19-6-3-4-7-20(19)30-16/h3-4,6-7,9-10,12,16H,5,8,11,13-14H2,1-2H3,(H,23,25). The van der Waals surface area contributed by atoms with Crippen LogP contribution in [0.5, 0.6) is 17.2 Å². The summed E-state index contributed by atoms with van der Waals surface area (Å²) < 4.78 is 42.2. The van der Waals surface area contributed by atoms with Crippen LogP contribution in [0, 0.1) is 0 Å². The molecule has 10 heteroatoms. The minimum atomic E-state index is -3.54. The van der Waals surface area contributed by atoms with E-state index in [1.54, 1.807) is 12.1 Å². The number of ether oxygens (including phenoxy) is 3. The van der Waals surface area contributed by atoms with Crippen molar-refractivity contribution in [2.75, 3.05) is 37.4 Å². The number of nitrogens with one attached hydrogen (secondary N) is 1. The van der Waals surface area contributed by atoms with Gasteiger partial charge in [-0.25, -0.2) is 8.42 Å². The number of nitrogens with zero attached hydrogens (tertiary/aromatic N) is 1. The maximum atomic E-state index is 12.2. The van der Waals surface area contributed by atoms with E-state index in [1.165, 1.54) is 17.5 Å². The smallest absolute Gasteiger partial charge is 0.232 e. The first-order valence-electron chi connectivity index (χ1n) is 9.74. The molecule has 0 fully saturated rings. The number of amides is 1. The normalized spacial score (nSPS) is 15.3. The van der Waals surface area contributed by atoms with Gasteiger partial charge < -0.3 is 19.5 Å². The predicted molar refractivity (Wildman–Crippen MR) is 119 cm³/mol. The predicted octanol–water partition coefficient (Wildman–Crippen LogP) is 2.85. The van der Waals surface area contributed by atoms with Gasteiger partial charge in [-0.3, -0.25) is 9.10 Å². The van der Waals surface area contributed by atoms with Gasteiger partial charge in [0.2, 0.25) is 15.9 Å². The summed E-state index contributed by atoms with van der Waals surface area (Å²) in [5.41, 5.74) is 0.417. The van der Waals surface area contributed by atoms with Crippen LogP contribution in [0.3, 0.4) is 0 Å². The van der Waals surface area contributed by atoms with Crippen LogP contribution in [0.25, 0.3) is 0 Å². The number of para-hydroxylation sites is 2. The van der Waals surface area contributed by atoms with Crippen molar-refractivity contribution in [2.24, 2.45) is 0 Å². The summed E-state index contributed by atoms with van der Waals surface area (Å²) in [7, 11) is -2.06. The van der Waals surface area contributed by atoms with Crippen LogP contribution in [0.4, 0.5) is 5.69 Å². The minimum Gasteiger partial charge on any atom is -0.495 e. The number of hydrogen-bond acceptors (Lipinski definition) is 6. The minimum absolute atomic E-state index is 0.144. The molecule has 31 heavy (non-hydrogen) atoms. The largest absolute Gasteiger partial charge is 0.495 e. The maximum Gasteiger partial charge on any atom is 0.232 e. The van der Waals surface area contributed by atoms with Gasteiger partial charge in [0.1, 0.15) is 18.5 Å². The lowest BCUT2D eigenvalue weighted by molar-refractivity contribution is -0.121. The maximum absolute atomic E-state index is 12.2. The molecule has 8 nitrogen and oxygen atoms in total. The van der Waals surface area contributed by atoms with Gasteiger partial charge in [-0.1, -0.05) is 23.7 Å². The Balaban J connectivity index is 1.49. The van der Waals surface area contributed by atoms with Gasteiger partial charge in [-0.2, -0.15) is 0 Å². The Morgan fingerprint density at radius 1 is 1.26 bits per heavy atom. The average Bonchev–Trinajstić information content (AvgIpc) is 2.74. The third-order valence-corrected chi connectivity index (χ3v) is 6.17. The average molecular weight is 469 g/mol. The number of carbonyl (C=O) groups excluding carboxylic acids is 1. The molecule has 1 heterocycles. The quantitative estimate of drug-likeness (QED) is 0.608. The van der Waals surface area contributed by atoms with Crippen LogP contribution in [-0.2, 0) is 14.8 Å². The molecule has 1 unspecified atom stereocenters. The first kappa shape index (κ1) is 23.0. The van der Waals surface area contributed by atoms with E-state index < -0.39 is 10.0 Å². The van der Waals surface area contributed by atoms with Crippen LogP contribution in [0.1, 0.15) is 12.8 Å². The summed E-state index contributed by atoms with van der Waals surface area (Å²) in [5, 5.41) is 3.12. The molecular formula is C21H25ClN2O6S. The van der Waals surface area contributed by atoms with Crippen LogP contribution < -0.4 is 23.8 Å². The molecule has 0 saturated carbocycles. The second-order valence-electron chi connectivity index (χ2n) is 7.06. The molecule has 1 aliphatic heterocycles. The summed E-state index contributed by atoms with van der Waals surface area (Å²) in [6.45, 7) is 0.791. The van der Waals surface area contributed by atoms with Crippen LogP contribution >= 0.6 is 11.6 Å². The lowest BCUT2D eigenvalue weighted by atomic mass is 10.2. The monoisotopic (exact) mass is 468 g/mol. The van der Waals surface area contributed by atoms with E-state index in [0.29, 0.717) is 47.5 Å². The second kappa shape index (κ2) is 10.1. The molecule has 0 aliphatic carbocycles. The van der Waals surface area contributed by atoms with Crippen LogP contribution in [0.15, 0.2) is 42.5 Å². The van der Waals surface area contributed by atoms with E-state index in [-0.39, 0.29) is 25.0 Å². The number of methoxy groups -OCH3 is 1. The summed E-state index contributed by atoms with van der Waals surface area (Å²) in [6, 6.07) is 12.1. The Labute approximate surface area is 187 Å². The number of rotatable bonds is 9. The second-order valence-corrected chi connectivity index (χ2v) is 9.37. The number of anilines is 1. The molecule has 2 aromatic carbocycles. The lowest BCUT2D eigenvalue weighted by Gasteiger charge is -2.26. The van der Waals surface area contributed by atoms with E-state index in [9.17, 15) is 13.2 Å². The fourth-order valence-electron chi connectivity index (χ4n) is 3.16. The van der Waals surface area contributed by atoms with E-state index in [0.717, 1.165) is 6.26 Å². The summed E-state index contributed by atoms with van der Waals surface area (Å²) in [5.74, 6) is 1.60. The topological polar surface area (TPSA) is 94.2 Å². The van der Waals surface area contributed by atoms with Crippen molar-refractivity contribution >= 4 is 33.2 Å². The van der Waals surface area contributed by atoms with Crippen molar-refractivity contribution in [3.8, 4) is 17.2 Å². The fourth-order valence-corrected chi connectivity index (χ4v) is 4.37. The van der Waals surface area contributed by atoms with Crippen molar-refractivity contribution in [1.29, 1.82) is 0 Å². The van der Waals surface area contributed by atoms with Gasteiger partial charge in [0, 0.05) is 13.0 Å². The highest BCUT2D eigenvalue weighted by molar-refractivity contribution is 7.92. The van der Waals surface area contributed by atoms with E-state index in [2.05, 4.69) is 5.32 Å². The molecule has 1 N–H and O–H groups in total. The van der Waals surface area contributed by atoms with Crippen molar-refractivity contribution in [3.63, 3.8) is 0 Å². The highest BCUT2D eigenvalue weighted by atomic mass is 35.5. The molecule has 0 spiro atoms. The number of fused-ring (bicyclic) bond motifs is 1. The molecule has 1 amide bonds. The number of halogens is 1. The molecule has 3 rings (SSSR count). The zero-order chi connectivity index (χ0) is 22.4. The van der Waals surface area contributed by atoms with Gasteiger partial charge in [-0.05, 0) is 36.8 Å². The van der Waals surface area contributed by atoms with Gasteiger partial charge in [-0.15, -0.1) is 0 Å². The third-order valence-electron chi connectivity index (χ3n) is 4.68. The zero-order valence-electron chi connectivity index (χ0n) is 17.3. The van der Waals surface area contributed by atoms with E-state index in [1.807, 2.05) is 24.3 Å². The van der Waals surface area contributed by atoms with Crippen molar-refractivity contribution in [3.05, 3.63) is 47.5 Å². The van der Waals surface area contributed by atoms with Gasteiger partial charge in [0.05, 0.1) is 30.6 Å². The molecule has 0 aromatic heterocycles. The Bertz CT molecular complexity index is 1030. The van der Waals surface area contributed by atoms with Gasteiger partial charge in [0.15, 0.2) is 11.5 Å². The zero-order valence-corrected chi connectivity index (χ0v) is 18.9. The number of benzene rings is 2. The van der Waals surface area contributed by atoms with Gasteiger partial charge in [0.25, 0.3) is 0 Å². The molecule has 2 aromatic rings. The Hall–Kier alpha value is -2.65. The number of hydrogen-bond donors (Lipinski definition) is 1. The van der Waals surface area contributed by atoms with E-state index in [4.69, 9.17) is 25.8 Å². The van der Waals surface area contributed by atoms with Crippen LogP contribution in [0.2, 0.25) is 5.02 Å². The van der Waals surface area contributed by atoms with Crippen molar-refractivity contribution < 1.29 is 27.4 Å². The molecule has 0 radical (unpaired) electrons. The summed E-state index contributed by atoms with van der Waals surface area (Å²) >= 11 is 6.12. The third kappa shape index (κ3) is 6.18. The van der Waals surface area contributed by atoms with Gasteiger partial charge >= 0.3 is 0 Å². The van der Waals surface area contributed by atoms with E-state index >= 15 is 0 Å². The van der Waals surface area contributed by atoms with Crippen LogP contribution in [-0.4, -0.2) is 53.5 Å². The van der Waals surface area contributed by atoms with Crippen molar-refractivity contribution in [1.82, 2.24) is 5.32 Å². The molecule has 0 bridgehead atoms. The first-order valence-corrected chi connectivity index (χ1v) is 12.0. The molecule has 1 atom stereocenters. The Kier molecular flexibility index (Phi) is 7.50. The SMILES string of the molecule is COc1ccc(N(CCCC(=O)NCC2COc3ccccc3O2)S(C)(=O)=O)cc1Cl. The highest BCUT2D eigenvalue weighted by Gasteiger charge is 2.22. The van der Waals surface area contributed by atoms with Crippen molar-refractivity contribution in [2.45, 2.75) is 18.9 Å². The molecule has 0 saturated heterocycles. The number of sulfonamides is 1. The number of carbonyl (C=O) groups is 1. The Morgan fingerprint density at radius 3 is 2.68 bits per heavy atom. The molecular weight excluding hydrogens is 444 g/mol. The summed E-state index contributed by atoms with van der Waals surface area (Å²) in [6.07, 6.45) is 1.34. The molecule has 168 valence electrons. The molecule has 1 aliphatic rings. The fraction of sp³-hybridized carbons (Fsp3) is 0.381. The summed E-state index contributed by atoms with van der Waals surface area (Å²) in [4.78, 5) is 12.2. The Morgan fingerprint density at radius 2 is 2.00 bits per heavy atom. The lowest BCUT2D eigenvalue weighted by Crippen LogP contribution is -2.41. The highest BCUT2D eigenvalue weighted by Crippen LogP contribution is 2.31. The first-order chi connectivity index (χ1) is 14.8.